The summed E-state index contributed by atoms with van der Waals surface area (Å²) in [5.41, 5.74) is -1.66. The van der Waals surface area contributed by atoms with Gasteiger partial charge in [-0.15, -0.1) is 0 Å². The van der Waals surface area contributed by atoms with Gasteiger partial charge in [0.05, 0.1) is 23.6 Å². The highest BCUT2D eigenvalue weighted by Crippen LogP contribution is 2.38. The maximum atomic E-state index is 13.8. The molecule has 0 bridgehead atoms. The molecule has 3 aromatic carbocycles. The van der Waals surface area contributed by atoms with Crippen LogP contribution in [0.2, 0.25) is 5.02 Å². The van der Waals surface area contributed by atoms with Crippen LogP contribution < -0.4 is 14.9 Å². The molecule has 33 heavy (non-hydrogen) atoms. The zero-order valence-corrected chi connectivity index (χ0v) is 17.7. The normalized spacial score (nSPS) is 11.4. The summed E-state index contributed by atoms with van der Waals surface area (Å²) in [4.78, 5) is 25.3. The Morgan fingerprint density at radius 1 is 0.939 bits per heavy atom. The van der Waals surface area contributed by atoms with Crippen molar-refractivity contribution in [2.24, 2.45) is 0 Å². The lowest BCUT2D eigenvalue weighted by Crippen LogP contribution is -2.16. The summed E-state index contributed by atoms with van der Waals surface area (Å²) >= 11 is 5.81. The van der Waals surface area contributed by atoms with Gasteiger partial charge in [-0.3, -0.25) is 4.79 Å². The van der Waals surface area contributed by atoms with Crippen molar-refractivity contribution in [1.82, 2.24) is 0 Å². The minimum Gasteiger partial charge on any atom is -0.497 e. The lowest BCUT2D eigenvalue weighted by Gasteiger charge is -2.13. The van der Waals surface area contributed by atoms with E-state index >= 15 is 0 Å². The summed E-state index contributed by atoms with van der Waals surface area (Å²) in [7, 11) is 1.48. The second kappa shape index (κ2) is 8.63. The fraction of sp³-hybridized carbons (Fsp3) is 0.0833. The second-order valence-corrected chi connectivity index (χ2v) is 7.35. The Morgan fingerprint density at radius 2 is 1.58 bits per heavy atom. The summed E-state index contributed by atoms with van der Waals surface area (Å²) in [5.74, 6) is -1.75. The quantitative estimate of drug-likeness (QED) is 0.254. The Labute approximate surface area is 189 Å². The summed E-state index contributed by atoms with van der Waals surface area (Å²) in [5, 5.41) is 0.206. The average Bonchev–Trinajstić information content (AvgIpc) is 2.79. The van der Waals surface area contributed by atoms with E-state index in [1.807, 2.05) is 0 Å². The van der Waals surface area contributed by atoms with Gasteiger partial charge in [0.15, 0.2) is 0 Å². The van der Waals surface area contributed by atoms with Gasteiger partial charge in [0.2, 0.25) is 11.2 Å². The third-order valence-corrected chi connectivity index (χ3v) is 5.04. The van der Waals surface area contributed by atoms with Gasteiger partial charge in [-0.25, -0.2) is 4.79 Å². The van der Waals surface area contributed by atoms with Crippen molar-refractivity contribution < 1.29 is 31.9 Å². The molecule has 4 rings (SSSR count). The lowest BCUT2D eigenvalue weighted by molar-refractivity contribution is -0.152. The molecule has 5 nitrogen and oxygen atoms in total. The molecule has 0 radical (unpaired) electrons. The zero-order chi connectivity index (χ0) is 23.8. The molecule has 0 amide bonds. The molecule has 0 aliphatic carbocycles. The smallest absolute Gasteiger partial charge is 0.450 e. The van der Waals surface area contributed by atoms with E-state index in [0.29, 0.717) is 10.8 Å². The highest BCUT2D eigenvalue weighted by Gasteiger charge is 2.39. The van der Waals surface area contributed by atoms with Crippen molar-refractivity contribution in [2.45, 2.75) is 6.18 Å². The molecule has 1 aromatic heterocycles. The molecule has 0 aliphatic heterocycles. The van der Waals surface area contributed by atoms with Crippen LogP contribution in [0.1, 0.15) is 16.1 Å². The van der Waals surface area contributed by atoms with Gasteiger partial charge in [-0.2, -0.15) is 13.2 Å². The highest BCUT2D eigenvalue weighted by molar-refractivity contribution is 6.30. The van der Waals surface area contributed by atoms with Crippen LogP contribution in [0.3, 0.4) is 0 Å². The van der Waals surface area contributed by atoms with Crippen LogP contribution in [0.4, 0.5) is 13.2 Å². The highest BCUT2D eigenvalue weighted by atomic mass is 35.5. The van der Waals surface area contributed by atoms with E-state index in [0.717, 1.165) is 6.07 Å². The Balaban J connectivity index is 1.77. The predicted molar refractivity (Wildman–Crippen MR) is 116 cm³/mol. The maximum absolute atomic E-state index is 13.8. The predicted octanol–water partition coefficient (Wildman–Crippen LogP) is 6.36. The molecule has 4 aromatic rings. The monoisotopic (exact) mass is 474 g/mol. The fourth-order valence-corrected chi connectivity index (χ4v) is 3.33. The second-order valence-electron chi connectivity index (χ2n) is 6.92. The lowest BCUT2D eigenvalue weighted by atomic mass is 10.0. The van der Waals surface area contributed by atoms with Gasteiger partial charge in [0.1, 0.15) is 17.1 Å². The molecule has 0 unspecified atom stereocenters. The van der Waals surface area contributed by atoms with Crippen molar-refractivity contribution in [3.8, 4) is 22.6 Å². The Morgan fingerprint density at radius 3 is 2.18 bits per heavy atom. The molecule has 1 heterocycles. The Kier molecular flexibility index (Phi) is 5.86. The first-order valence-corrected chi connectivity index (χ1v) is 9.85. The number of hydrogen-bond donors (Lipinski definition) is 0. The van der Waals surface area contributed by atoms with Crippen molar-refractivity contribution >= 4 is 28.5 Å². The Bertz CT molecular complexity index is 1390. The summed E-state index contributed by atoms with van der Waals surface area (Å²) < 4.78 is 56.7. The molecular weight excluding hydrogens is 461 g/mol. The molecular formula is C24H14ClF3O5. The van der Waals surface area contributed by atoms with Gasteiger partial charge in [0, 0.05) is 11.1 Å². The number of rotatable bonds is 4. The van der Waals surface area contributed by atoms with Crippen LogP contribution in [-0.2, 0) is 6.18 Å². The minimum absolute atomic E-state index is 0.0115. The van der Waals surface area contributed by atoms with Crippen molar-refractivity contribution in [1.29, 1.82) is 0 Å². The first-order chi connectivity index (χ1) is 15.7. The van der Waals surface area contributed by atoms with Crippen LogP contribution in [0.25, 0.3) is 22.1 Å². The molecule has 0 spiro atoms. The van der Waals surface area contributed by atoms with Crippen molar-refractivity contribution in [3.63, 3.8) is 0 Å². The van der Waals surface area contributed by atoms with Gasteiger partial charge in [0.25, 0.3) is 0 Å². The van der Waals surface area contributed by atoms with Crippen molar-refractivity contribution in [3.05, 3.63) is 93.3 Å². The first-order valence-electron chi connectivity index (χ1n) is 9.47. The average molecular weight is 475 g/mol. The van der Waals surface area contributed by atoms with Crippen LogP contribution in [0.5, 0.6) is 11.5 Å². The molecule has 0 N–H and O–H groups in total. The molecule has 0 saturated carbocycles. The third-order valence-electron chi connectivity index (χ3n) is 4.79. The number of benzene rings is 3. The Hall–Kier alpha value is -3.78. The van der Waals surface area contributed by atoms with Gasteiger partial charge < -0.3 is 13.9 Å². The standard InChI is InChI=1S/C24H14ClF3O5/c1-31-16-8-4-14(5-9-16)23(30)32-17-10-11-18-19(12-17)33-22(24(26,27)28)20(21(18)29)13-2-6-15(25)7-3-13/h2-12H,1H3. The third kappa shape index (κ3) is 4.56. The topological polar surface area (TPSA) is 65.7 Å². The maximum Gasteiger partial charge on any atom is 0.450 e. The number of carbonyl (C=O) groups is 1. The summed E-state index contributed by atoms with van der Waals surface area (Å²) in [6.07, 6.45) is -4.95. The number of methoxy groups -OCH3 is 1. The largest absolute Gasteiger partial charge is 0.497 e. The molecule has 0 aliphatic rings. The van der Waals surface area contributed by atoms with E-state index in [2.05, 4.69) is 0 Å². The SMILES string of the molecule is COc1ccc(C(=O)Oc2ccc3c(=O)c(-c4ccc(Cl)cc4)c(C(F)(F)F)oc3c2)cc1. The molecule has 0 atom stereocenters. The van der Waals surface area contributed by atoms with Gasteiger partial charge in [-0.1, -0.05) is 23.7 Å². The van der Waals surface area contributed by atoms with Crippen LogP contribution in [-0.4, -0.2) is 13.1 Å². The van der Waals surface area contributed by atoms with E-state index in [1.165, 1.54) is 55.6 Å². The summed E-state index contributed by atoms with van der Waals surface area (Å²) in [6.45, 7) is 0. The molecule has 0 fully saturated rings. The van der Waals surface area contributed by atoms with Crippen LogP contribution >= 0.6 is 11.6 Å². The van der Waals surface area contributed by atoms with E-state index in [-0.39, 0.29) is 27.8 Å². The minimum atomic E-state index is -4.95. The molecule has 0 saturated heterocycles. The molecule has 168 valence electrons. The van der Waals surface area contributed by atoms with E-state index in [4.69, 9.17) is 25.5 Å². The number of ether oxygens (including phenoxy) is 2. The van der Waals surface area contributed by atoms with E-state index in [1.54, 1.807) is 12.1 Å². The van der Waals surface area contributed by atoms with Crippen LogP contribution in [0, 0.1) is 0 Å². The van der Waals surface area contributed by atoms with Gasteiger partial charge >= 0.3 is 12.1 Å². The molecule has 9 heteroatoms. The van der Waals surface area contributed by atoms with Crippen molar-refractivity contribution in [2.75, 3.05) is 7.11 Å². The van der Waals surface area contributed by atoms with E-state index in [9.17, 15) is 22.8 Å². The fourth-order valence-electron chi connectivity index (χ4n) is 3.21. The number of carbonyl (C=O) groups excluding carboxylic acids is 1. The first kappa shape index (κ1) is 22.4. The van der Waals surface area contributed by atoms with Crippen LogP contribution in [0.15, 0.2) is 75.9 Å². The zero-order valence-electron chi connectivity index (χ0n) is 16.9. The summed E-state index contributed by atoms with van der Waals surface area (Å²) in [6, 6.07) is 15.1. The number of esters is 1. The van der Waals surface area contributed by atoms with Gasteiger partial charge in [-0.05, 0) is 54.1 Å². The van der Waals surface area contributed by atoms with E-state index < -0.39 is 28.9 Å². The number of hydrogen-bond acceptors (Lipinski definition) is 5. The number of alkyl halides is 3. The number of fused-ring (bicyclic) bond motifs is 1. The number of halogens is 4.